The molecule has 0 saturated heterocycles. The molecule has 3 nitrogen and oxygen atoms in total. The second-order valence-electron chi connectivity index (χ2n) is 4.31. The van der Waals surface area contributed by atoms with Gasteiger partial charge in [-0.25, -0.2) is 0 Å². The van der Waals surface area contributed by atoms with E-state index in [-0.39, 0.29) is 6.04 Å². The molecule has 0 aromatic heterocycles. The highest BCUT2D eigenvalue weighted by Gasteiger charge is 2.13. The third kappa shape index (κ3) is 4.22. The molecule has 1 atom stereocenters. The van der Waals surface area contributed by atoms with Crippen LogP contribution in [0.15, 0.2) is 23.1 Å². The first-order valence-electron chi connectivity index (χ1n) is 5.76. The van der Waals surface area contributed by atoms with Crippen LogP contribution >= 0.6 is 11.8 Å². The molecule has 1 aromatic carbocycles. The zero-order chi connectivity index (χ0) is 12.8. The normalized spacial score (nSPS) is 12.8. The van der Waals surface area contributed by atoms with Crippen molar-refractivity contribution in [1.29, 1.82) is 0 Å². The van der Waals surface area contributed by atoms with Gasteiger partial charge in [-0.2, -0.15) is 0 Å². The third-order valence-corrected chi connectivity index (χ3v) is 3.55. The van der Waals surface area contributed by atoms with Gasteiger partial charge >= 0.3 is 0 Å². The summed E-state index contributed by atoms with van der Waals surface area (Å²) >= 11 is 1.83. The third-order valence-electron chi connectivity index (χ3n) is 2.50. The zero-order valence-electron chi connectivity index (χ0n) is 11.1. The predicted molar refractivity (Wildman–Crippen MR) is 74.9 cm³/mol. The summed E-state index contributed by atoms with van der Waals surface area (Å²) in [6.45, 7) is 3.05. The molecule has 96 valence electrons. The number of methoxy groups -OCH3 is 1. The molecule has 0 spiro atoms. The van der Waals surface area contributed by atoms with Gasteiger partial charge in [0.1, 0.15) is 5.75 Å². The molecule has 0 aliphatic carbocycles. The van der Waals surface area contributed by atoms with Crippen molar-refractivity contribution in [3.05, 3.63) is 23.8 Å². The van der Waals surface area contributed by atoms with Crippen LogP contribution < -0.4 is 10.5 Å². The van der Waals surface area contributed by atoms with Gasteiger partial charge in [0.25, 0.3) is 0 Å². The average Bonchev–Trinajstić information content (AvgIpc) is 2.27. The van der Waals surface area contributed by atoms with E-state index in [1.165, 1.54) is 4.90 Å². The molecule has 0 amide bonds. The SMILES string of the molecule is COc1cccc(SCCN(C)C)c1[C@H](C)N. The predicted octanol–water partition coefficient (Wildman–Crippen LogP) is 2.37. The average molecular weight is 254 g/mol. The van der Waals surface area contributed by atoms with E-state index in [9.17, 15) is 0 Å². The van der Waals surface area contributed by atoms with Gasteiger partial charge in [0.2, 0.25) is 0 Å². The first-order valence-corrected chi connectivity index (χ1v) is 6.74. The molecule has 0 aliphatic rings. The Morgan fingerprint density at radius 2 is 2.12 bits per heavy atom. The summed E-state index contributed by atoms with van der Waals surface area (Å²) in [5, 5.41) is 0. The maximum atomic E-state index is 6.02. The lowest BCUT2D eigenvalue weighted by atomic mass is 10.1. The monoisotopic (exact) mass is 254 g/mol. The van der Waals surface area contributed by atoms with Gasteiger partial charge in [-0.05, 0) is 33.2 Å². The molecule has 0 bridgehead atoms. The van der Waals surface area contributed by atoms with Crippen molar-refractivity contribution in [1.82, 2.24) is 4.90 Å². The highest BCUT2D eigenvalue weighted by molar-refractivity contribution is 7.99. The maximum Gasteiger partial charge on any atom is 0.124 e. The Kier molecular flexibility index (Phi) is 5.82. The van der Waals surface area contributed by atoms with E-state index in [0.29, 0.717) is 0 Å². The lowest BCUT2D eigenvalue weighted by Gasteiger charge is -2.17. The van der Waals surface area contributed by atoms with Gasteiger partial charge in [-0.15, -0.1) is 11.8 Å². The summed E-state index contributed by atoms with van der Waals surface area (Å²) in [7, 11) is 5.85. The lowest BCUT2D eigenvalue weighted by molar-refractivity contribution is 0.405. The van der Waals surface area contributed by atoms with Crippen LogP contribution in [0, 0.1) is 0 Å². The number of hydrogen-bond donors (Lipinski definition) is 1. The Balaban J connectivity index is 2.83. The van der Waals surface area contributed by atoms with Crippen LogP contribution in [0.25, 0.3) is 0 Å². The molecule has 17 heavy (non-hydrogen) atoms. The topological polar surface area (TPSA) is 38.5 Å². The van der Waals surface area contributed by atoms with Gasteiger partial charge in [0.05, 0.1) is 7.11 Å². The Hall–Kier alpha value is -0.710. The smallest absolute Gasteiger partial charge is 0.124 e. The first kappa shape index (κ1) is 14.4. The summed E-state index contributed by atoms with van der Waals surface area (Å²) in [5.74, 6) is 1.94. The van der Waals surface area contributed by atoms with Crippen molar-refractivity contribution >= 4 is 11.8 Å². The van der Waals surface area contributed by atoms with Crippen LogP contribution in [-0.4, -0.2) is 38.4 Å². The van der Waals surface area contributed by atoms with Crippen LogP contribution in [0.4, 0.5) is 0 Å². The summed E-state index contributed by atoms with van der Waals surface area (Å²) < 4.78 is 5.37. The Labute approximate surface area is 108 Å². The number of hydrogen-bond acceptors (Lipinski definition) is 4. The number of nitrogens with two attached hydrogens (primary N) is 1. The summed E-state index contributed by atoms with van der Waals surface area (Å²) in [6.07, 6.45) is 0. The largest absolute Gasteiger partial charge is 0.496 e. The molecule has 1 aromatic rings. The standard InChI is InChI=1S/C13H22N2OS/c1-10(14)13-11(16-4)6-5-7-12(13)17-9-8-15(2)3/h5-7,10H,8-9,14H2,1-4H3/t10-/m0/s1. The number of nitrogens with zero attached hydrogens (tertiary/aromatic N) is 1. The Bertz CT molecular complexity index is 353. The zero-order valence-corrected chi connectivity index (χ0v) is 11.9. The molecule has 1 rings (SSSR count). The van der Waals surface area contributed by atoms with Gasteiger partial charge < -0.3 is 15.4 Å². The summed E-state index contributed by atoms with van der Waals surface area (Å²) in [5.41, 5.74) is 7.13. The maximum absolute atomic E-state index is 6.02. The van der Waals surface area contributed by atoms with Crippen molar-refractivity contribution in [2.45, 2.75) is 17.9 Å². The second kappa shape index (κ2) is 6.89. The van der Waals surface area contributed by atoms with E-state index in [1.807, 2.05) is 30.8 Å². The van der Waals surface area contributed by atoms with Crippen LogP contribution in [0.5, 0.6) is 5.75 Å². The van der Waals surface area contributed by atoms with E-state index in [0.717, 1.165) is 23.6 Å². The van der Waals surface area contributed by atoms with E-state index < -0.39 is 0 Å². The Morgan fingerprint density at radius 3 is 2.65 bits per heavy atom. The van der Waals surface area contributed by atoms with E-state index >= 15 is 0 Å². The highest BCUT2D eigenvalue weighted by Crippen LogP contribution is 2.33. The molecule has 2 N–H and O–H groups in total. The van der Waals surface area contributed by atoms with Crippen molar-refractivity contribution in [2.75, 3.05) is 33.5 Å². The van der Waals surface area contributed by atoms with Crippen molar-refractivity contribution < 1.29 is 4.74 Å². The summed E-state index contributed by atoms with van der Waals surface area (Å²) in [6, 6.07) is 6.09. The molecule has 0 aliphatic heterocycles. The molecule has 4 heteroatoms. The lowest BCUT2D eigenvalue weighted by Crippen LogP contribution is -2.15. The van der Waals surface area contributed by atoms with Crippen LogP contribution in [0.1, 0.15) is 18.5 Å². The number of thioether (sulfide) groups is 1. The fourth-order valence-electron chi connectivity index (χ4n) is 1.61. The van der Waals surface area contributed by atoms with E-state index in [2.05, 4.69) is 25.1 Å². The van der Waals surface area contributed by atoms with E-state index in [1.54, 1.807) is 7.11 Å². The molecule has 0 heterocycles. The highest BCUT2D eigenvalue weighted by atomic mass is 32.2. The molecular formula is C13H22N2OS. The van der Waals surface area contributed by atoms with Gasteiger partial charge in [0, 0.05) is 28.8 Å². The molecule has 0 saturated carbocycles. The molecular weight excluding hydrogens is 232 g/mol. The minimum Gasteiger partial charge on any atom is -0.496 e. The fraction of sp³-hybridized carbons (Fsp3) is 0.538. The van der Waals surface area contributed by atoms with E-state index in [4.69, 9.17) is 10.5 Å². The number of rotatable bonds is 6. The minimum atomic E-state index is -0.00648. The van der Waals surface area contributed by atoms with Gasteiger partial charge in [-0.1, -0.05) is 6.07 Å². The van der Waals surface area contributed by atoms with Crippen LogP contribution in [-0.2, 0) is 0 Å². The molecule has 0 radical (unpaired) electrons. The van der Waals surface area contributed by atoms with Crippen LogP contribution in [0.3, 0.4) is 0 Å². The number of benzene rings is 1. The summed E-state index contributed by atoms with van der Waals surface area (Å²) in [4.78, 5) is 3.40. The van der Waals surface area contributed by atoms with Crippen LogP contribution in [0.2, 0.25) is 0 Å². The first-order chi connectivity index (χ1) is 8.06. The molecule has 0 unspecified atom stereocenters. The minimum absolute atomic E-state index is 0.00648. The fourth-order valence-corrected chi connectivity index (χ4v) is 2.91. The molecule has 0 fully saturated rings. The second-order valence-corrected chi connectivity index (χ2v) is 5.45. The van der Waals surface area contributed by atoms with Crippen molar-refractivity contribution in [3.8, 4) is 5.75 Å². The number of ether oxygens (including phenoxy) is 1. The quantitative estimate of drug-likeness (QED) is 0.791. The van der Waals surface area contributed by atoms with Crippen molar-refractivity contribution in [2.24, 2.45) is 5.73 Å². The van der Waals surface area contributed by atoms with Gasteiger partial charge in [-0.3, -0.25) is 0 Å². The Morgan fingerprint density at radius 1 is 1.41 bits per heavy atom. The van der Waals surface area contributed by atoms with Crippen molar-refractivity contribution in [3.63, 3.8) is 0 Å². The van der Waals surface area contributed by atoms with Gasteiger partial charge in [0.15, 0.2) is 0 Å².